The van der Waals surface area contributed by atoms with Crippen molar-refractivity contribution in [3.8, 4) is 0 Å². The zero-order chi connectivity index (χ0) is 13.4. The normalized spacial score (nSPS) is 19.2. The molecule has 1 fully saturated rings. The zero-order valence-electron chi connectivity index (χ0n) is 11.9. The Balaban J connectivity index is 2.25. The molecule has 0 saturated carbocycles. The van der Waals surface area contributed by atoms with E-state index in [0.29, 0.717) is 12.8 Å². The first-order chi connectivity index (χ1) is 8.65. The molecule has 3 heteroatoms. The van der Waals surface area contributed by atoms with Gasteiger partial charge in [-0.15, -0.1) is 0 Å². The van der Waals surface area contributed by atoms with Gasteiger partial charge in [-0.05, 0) is 26.2 Å². The van der Waals surface area contributed by atoms with Crippen LogP contribution in [0.1, 0.15) is 71.6 Å². The van der Waals surface area contributed by atoms with Gasteiger partial charge in [0.2, 0.25) is 5.91 Å². The smallest absolute Gasteiger partial charge is 0.222 e. The van der Waals surface area contributed by atoms with E-state index in [-0.39, 0.29) is 17.7 Å². The van der Waals surface area contributed by atoms with E-state index in [0.717, 1.165) is 32.2 Å². The third-order valence-corrected chi connectivity index (χ3v) is 3.71. The average molecular weight is 253 g/mol. The molecular formula is C15H27NO2. The molecule has 0 aromatic heterocycles. The van der Waals surface area contributed by atoms with Crippen LogP contribution >= 0.6 is 0 Å². The van der Waals surface area contributed by atoms with Crippen molar-refractivity contribution in [1.29, 1.82) is 0 Å². The molecule has 104 valence electrons. The first-order valence-corrected chi connectivity index (χ1v) is 7.44. The lowest BCUT2D eigenvalue weighted by molar-refractivity contribution is -0.132. The predicted molar refractivity (Wildman–Crippen MR) is 73.4 cm³/mol. The predicted octanol–water partition coefficient (Wildman–Crippen LogP) is 3.32. The molecule has 0 spiro atoms. The van der Waals surface area contributed by atoms with Crippen LogP contribution in [0.15, 0.2) is 0 Å². The number of Topliss-reactive ketones (excluding diaryl/α,β-unsaturated/α-hetero) is 1. The van der Waals surface area contributed by atoms with Crippen LogP contribution in [-0.4, -0.2) is 29.2 Å². The summed E-state index contributed by atoms with van der Waals surface area (Å²) >= 11 is 0. The van der Waals surface area contributed by atoms with Gasteiger partial charge in [-0.25, -0.2) is 0 Å². The number of ketones is 1. The van der Waals surface area contributed by atoms with E-state index >= 15 is 0 Å². The number of nitrogens with zero attached hydrogens (tertiary/aromatic N) is 1. The van der Waals surface area contributed by atoms with E-state index < -0.39 is 0 Å². The highest BCUT2D eigenvalue weighted by molar-refractivity contribution is 5.80. The number of hydrogen-bond donors (Lipinski definition) is 0. The molecule has 1 saturated heterocycles. The number of rotatable bonds is 8. The fourth-order valence-electron chi connectivity index (χ4n) is 2.73. The first-order valence-electron chi connectivity index (χ1n) is 7.44. The minimum Gasteiger partial charge on any atom is -0.339 e. The Kier molecular flexibility index (Phi) is 6.99. The Morgan fingerprint density at radius 2 is 1.89 bits per heavy atom. The first kappa shape index (κ1) is 15.2. The SMILES string of the molecule is CCCCCCCC(=O)N1CCCC1CC(C)=O. The number of carbonyl (C=O) groups excluding carboxylic acids is 2. The highest BCUT2D eigenvalue weighted by atomic mass is 16.2. The molecule has 1 unspecified atom stereocenters. The van der Waals surface area contributed by atoms with Crippen molar-refractivity contribution in [2.45, 2.75) is 77.7 Å². The van der Waals surface area contributed by atoms with Crippen LogP contribution in [0.25, 0.3) is 0 Å². The second-order valence-corrected chi connectivity index (χ2v) is 5.45. The summed E-state index contributed by atoms with van der Waals surface area (Å²) in [6.45, 7) is 4.67. The number of amides is 1. The van der Waals surface area contributed by atoms with E-state index in [4.69, 9.17) is 0 Å². The van der Waals surface area contributed by atoms with Gasteiger partial charge in [0.05, 0.1) is 0 Å². The van der Waals surface area contributed by atoms with E-state index in [1.54, 1.807) is 6.92 Å². The largest absolute Gasteiger partial charge is 0.339 e. The van der Waals surface area contributed by atoms with E-state index in [9.17, 15) is 9.59 Å². The van der Waals surface area contributed by atoms with Gasteiger partial charge in [-0.2, -0.15) is 0 Å². The molecular weight excluding hydrogens is 226 g/mol. The second-order valence-electron chi connectivity index (χ2n) is 5.45. The highest BCUT2D eigenvalue weighted by Gasteiger charge is 2.28. The average Bonchev–Trinajstić information content (AvgIpc) is 2.76. The van der Waals surface area contributed by atoms with Crippen molar-refractivity contribution >= 4 is 11.7 Å². The van der Waals surface area contributed by atoms with Gasteiger partial charge in [0.1, 0.15) is 5.78 Å². The summed E-state index contributed by atoms with van der Waals surface area (Å²) in [6, 6.07) is 0.186. The van der Waals surface area contributed by atoms with Crippen LogP contribution in [0.2, 0.25) is 0 Å². The van der Waals surface area contributed by atoms with Gasteiger partial charge in [0.25, 0.3) is 0 Å². The van der Waals surface area contributed by atoms with Crippen LogP contribution in [0.5, 0.6) is 0 Å². The van der Waals surface area contributed by atoms with Crippen LogP contribution < -0.4 is 0 Å². The summed E-state index contributed by atoms with van der Waals surface area (Å²) in [5.74, 6) is 0.456. The van der Waals surface area contributed by atoms with E-state index in [1.165, 1.54) is 19.3 Å². The highest BCUT2D eigenvalue weighted by Crippen LogP contribution is 2.22. The maximum absolute atomic E-state index is 12.1. The lowest BCUT2D eigenvalue weighted by atomic mass is 10.1. The maximum atomic E-state index is 12.1. The Bertz CT molecular complexity index is 276. The van der Waals surface area contributed by atoms with Gasteiger partial charge < -0.3 is 4.90 Å². The fraction of sp³-hybridized carbons (Fsp3) is 0.867. The molecule has 1 aliphatic heterocycles. The van der Waals surface area contributed by atoms with Gasteiger partial charge in [0.15, 0.2) is 0 Å². The number of hydrogen-bond acceptors (Lipinski definition) is 2. The molecule has 0 bridgehead atoms. The second kappa shape index (κ2) is 8.28. The summed E-state index contributed by atoms with van der Waals surface area (Å²) in [5.41, 5.74) is 0. The van der Waals surface area contributed by atoms with E-state index in [1.807, 2.05) is 4.90 Å². The van der Waals surface area contributed by atoms with E-state index in [2.05, 4.69) is 6.92 Å². The van der Waals surface area contributed by atoms with Gasteiger partial charge in [-0.1, -0.05) is 32.6 Å². The Morgan fingerprint density at radius 1 is 1.17 bits per heavy atom. The summed E-state index contributed by atoms with van der Waals surface area (Å²) in [5, 5.41) is 0. The Morgan fingerprint density at radius 3 is 2.56 bits per heavy atom. The molecule has 1 atom stereocenters. The van der Waals surface area contributed by atoms with Crippen molar-refractivity contribution in [2.75, 3.05) is 6.54 Å². The topological polar surface area (TPSA) is 37.4 Å². The number of unbranched alkanes of at least 4 members (excludes halogenated alkanes) is 4. The Hall–Kier alpha value is -0.860. The van der Waals surface area contributed by atoms with Gasteiger partial charge in [0, 0.05) is 25.4 Å². The fourth-order valence-corrected chi connectivity index (χ4v) is 2.73. The van der Waals surface area contributed by atoms with Crippen molar-refractivity contribution in [2.24, 2.45) is 0 Å². The van der Waals surface area contributed by atoms with Crippen LogP contribution in [0.3, 0.4) is 0 Å². The third kappa shape index (κ3) is 5.19. The summed E-state index contributed by atoms with van der Waals surface area (Å²) < 4.78 is 0. The zero-order valence-corrected chi connectivity index (χ0v) is 11.9. The minimum absolute atomic E-state index is 0.186. The van der Waals surface area contributed by atoms with Crippen molar-refractivity contribution in [3.05, 3.63) is 0 Å². The lowest BCUT2D eigenvalue weighted by Gasteiger charge is -2.24. The lowest BCUT2D eigenvalue weighted by Crippen LogP contribution is -2.36. The standard InChI is InChI=1S/C15H27NO2/c1-3-4-5-6-7-10-15(18)16-11-8-9-14(16)12-13(2)17/h14H,3-12H2,1-2H3. The van der Waals surface area contributed by atoms with Crippen LogP contribution in [0.4, 0.5) is 0 Å². The van der Waals surface area contributed by atoms with Crippen molar-refractivity contribution in [3.63, 3.8) is 0 Å². The summed E-state index contributed by atoms with van der Waals surface area (Å²) in [7, 11) is 0. The molecule has 0 aliphatic carbocycles. The summed E-state index contributed by atoms with van der Waals surface area (Å²) in [6.07, 6.45) is 9.17. The third-order valence-electron chi connectivity index (χ3n) is 3.71. The Labute approximate surface area is 111 Å². The molecule has 0 N–H and O–H groups in total. The molecule has 1 rings (SSSR count). The van der Waals surface area contributed by atoms with Crippen molar-refractivity contribution in [1.82, 2.24) is 4.90 Å². The van der Waals surface area contributed by atoms with Crippen LogP contribution in [-0.2, 0) is 9.59 Å². The molecule has 1 heterocycles. The van der Waals surface area contributed by atoms with Crippen molar-refractivity contribution < 1.29 is 9.59 Å². The monoisotopic (exact) mass is 253 g/mol. The molecule has 0 aromatic rings. The maximum Gasteiger partial charge on any atom is 0.222 e. The molecule has 3 nitrogen and oxygen atoms in total. The minimum atomic E-state index is 0.186. The molecule has 1 amide bonds. The van der Waals surface area contributed by atoms with Crippen LogP contribution in [0, 0.1) is 0 Å². The quantitative estimate of drug-likeness (QED) is 0.622. The van der Waals surface area contributed by atoms with Gasteiger partial charge in [-0.3, -0.25) is 9.59 Å². The molecule has 18 heavy (non-hydrogen) atoms. The number of carbonyl (C=O) groups is 2. The van der Waals surface area contributed by atoms with Gasteiger partial charge >= 0.3 is 0 Å². The molecule has 0 radical (unpaired) electrons. The molecule has 0 aromatic carbocycles. The summed E-state index contributed by atoms with van der Waals surface area (Å²) in [4.78, 5) is 25.2. The number of likely N-dealkylation sites (tertiary alicyclic amines) is 1. The molecule has 1 aliphatic rings.